The van der Waals surface area contributed by atoms with Gasteiger partial charge >= 0.3 is 25.8 Å². The van der Waals surface area contributed by atoms with Gasteiger partial charge in [0.05, 0.1) is 16.5 Å². The molecule has 2 aliphatic rings. The monoisotopic (exact) mass is 602 g/mol. The first-order chi connectivity index (χ1) is 12.4. The SMILES string of the molecule is C[Si](C)([c-]1cccc1)N1CCCC1.C[Si](C)([c-]1cccc1)N1CCCC1.[F-].[F-].[Hf+4]. The fourth-order valence-electron chi connectivity index (χ4n) is 4.48. The number of hydrogen-bond acceptors (Lipinski definition) is 2. The first-order valence-corrected chi connectivity index (χ1v) is 16.3. The van der Waals surface area contributed by atoms with Gasteiger partial charge in [0.15, 0.2) is 0 Å². The zero-order valence-corrected chi connectivity index (χ0v) is 24.0. The van der Waals surface area contributed by atoms with Gasteiger partial charge in [0.1, 0.15) is 0 Å². The largest absolute Gasteiger partial charge is 4.00 e. The van der Waals surface area contributed by atoms with Crippen LogP contribution in [0.4, 0.5) is 0 Å². The summed E-state index contributed by atoms with van der Waals surface area (Å²) in [7, 11) is -2.52. The summed E-state index contributed by atoms with van der Waals surface area (Å²) in [6.07, 6.45) is 5.60. The Labute approximate surface area is 197 Å². The summed E-state index contributed by atoms with van der Waals surface area (Å²) in [4.78, 5) is 0. The Morgan fingerprint density at radius 3 is 1.03 bits per heavy atom. The Balaban J connectivity index is 0.000000490. The normalized spacial score (nSPS) is 17.5. The van der Waals surface area contributed by atoms with Crippen molar-refractivity contribution in [2.24, 2.45) is 0 Å². The Bertz CT molecular complexity index is 590. The third kappa shape index (κ3) is 6.89. The van der Waals surface area contributed by atoms with E-state index in [4.69, 9.17) is 0 Å². The summed E-state index contributed by atoms with van der Waals surface area (Å²) >= 11 is 0. The number of hydrogen-bond donors (Lipinski definition) is 0. The van der Waals surface area contributed by atoms with E-state index in [1.165, 1.54) is 51.9 Å². The Kier molecular flexibility index (Phi) is 12.5. The zero-order chi connectivity index (χ0) is 18.6. The molecule has 7 heteroatoms. The Morgan fingerprint density at radius 2 is 0.793 bits per heavy atom. The molecule has 0 amide bonds. The van der Waals surface area contributed by atoms with E-state index >= 15 is 0 Å². The third-order valence-corrected chi connectivity index (χ3v) is 14.1. The van der Waals surface area contributed by atoms with Crippen molar-refractivity contribution >= 4 is 26.8 Å². The second-order valence-corrected chi connectivity index (χ2v) is 17.5. The maximum absolute atomic E-state index is 2.72. The van der Waals surface area contributed by atoms with E-state index in [9.17, 15) is 0 Å². The van der Waals surface area contributed by atoms with Gasteiger partial charge in [-0.05, 0) is 51.9 Å². The molecule has 2 nitrogen and oxygen atoms in total. The van der Waals surface area contributed by atoms with Gasteiger partial charge in [0.25, 0.3) is 0 Å². The molecule has 0 aliphatic carbocycles. The molecule has 0 unspecified atom stereocenters. The molecule has 2 saturated heterocycles. The minimum absolute atomic E-state index is 0. The van der Waals surface area contributed by atoms with Crippen LogP contribution in [0.15, 0.2) is 48.5 Å². The zero-order valence-electron chi connectivity index (χ0n) is 18.4. The van der Waals surface area contributed by atoms with Crippen molar-refractivity contribution in [1.29, 1.82) is 0 Å². The molecule has 29 heavy (non-hydrogen) atoms. The van der Waals surface area contributed by atoms with Crippen LogP contribution in [0.5, 0.6) is 0 Å². The van der Waals surface area contributed by atoms with E-state index in [-0.39, 0.29) is 35.3 Å². The number of nitrogens with zero attached hydrogens (tertiary/aromatic N) is 2. The van der Waals surface area contributed by atoms with Crippen LogP contribution in [-0.4, -0.2) is 51.8 Å². The molecule has 2 aliphatic heterocycles. The topological polar surface area (TPSA) is 6.48 Å². The predicted molar refractivity (Wildman–Crippen MR) is 120 cm³/mol. The van der Waals surface area contributed by atoms with Gasteiger partial charge in [-0.3, -0.25) is 0 Å². The molecule has 0 N–H and O–H groups in total. The second-order valence-electron chi connectivity index (χ2n) is 8.85. The quantitative estimate of drug-likeness (QED) is 0.291. The molecule has 2 heterocycles. The maximum Gasteiger partial charge on any atom is 4.00 e. The molecule has 2 fully saturated rings. The van der Waals surface area contributed by atoms with Crippen LogP contribution >= 0.6 is 0 Å². The molecule has 0 atom stereocenters. The van der Waals surface area contributed by atoms with Crippen molar-refractivity contribution in [2.75, 3.05) is 26.2 Å². The van der Waals surface area contributed by atoms with Crippen LogP contribution in [0.25, 0.3) is 0 Å². The molecule has 0 saturated carbocycles. The van der Waals surface area contributed by atoms with Crippen LogP contribution in [0.3, 0.4) is 0 Å². The van der Waals surface area contributed by atoms with E-state index in [1.54, 1.807) is 10.4 Å². The standard InChI is InChI=1S/2C11H18NSi.2FH.Hf/c2*1-13(2,11-7-3-4-8-11)12-9-5-6-10-12;;;/h2*3-4,7-8H,5-6,9-10H2,1-2H3;2*1H;/q2*-1;;;+4/p-2. The van der Waals surface area contributed by atoms with Crippen molar-refractivity contribution in [3.63, 3.8) is 0 Å². The minimum Gasteiger partial charge on any atom is -1.00 e. The van der Waals surface area contributed by atoms with Gasteiger partial charge in [-0.2, -0.15) is 24.3 Å². The average Bonchev–Trinajstić information content (AvgIpc) is 3.47. The predicted octanol–water partition coefficient (Wildman–Crippen LogP) is -2.17. The fraction of sp³-hybridized carbons (Fsp3) is 0.545. The molecule has 160 valence electrons. The minimum atomic E-state index is -1.26. The van der Waals surface area contributed by atoms with Crippen molar-refractivity contribution in [2.45, 2.75) is 51.9 Å². The molecule has 2 aromatic carbocycles. The Morgan fingerprint density at radius 1 is 0.552 bits per heavy atom. The molecule has 0 spiro atoms. The fourth-order valence-corrected chi connectivity index (χ4v) is 10.1. The summed E-state index contributed by atoms with van der Waals surface area (Å²) in [6.45, 7) is 15.2. The second kappa shape index (κ2) is 12.6. The molecule has 0 bridgehead atoms. The van der Waals surface area contributed by atoms with Crippen molar-refractivity contribution in [3.8, 4) is 0 Å². The van der Waals surface area contributed by atoms with E-state index in [1.807, 2.05) is 0 Å². The Hall–Kier alpha value is -0.216. The third-order valence-electron chi connectivity index (χ3n) is 6.53. The molecular weight excluding hydrogens is 565 g/mol. The van der Waals surface area contributed by atoms with Gasteiger partial charge in [-0.1, -0.05) is 26.2 Å². The first-order valence-electron chi connectivity index (χ1n) is 10.4. The number of rotatable bonds is 4. The molecule has 2 aromatic rings. The van der Waals surface area contributed by atoms with Gasteiger partial charge in [-0.15, -0.1) is 10.4 Å². The molecular formula is C22H36F2HfN2Si2. The summed E-state index contributed by atoms with van der Waals surface area (Å²) < 4.78 is 5.45. The van der Waals surface area contributed by atoms with E-state index in [2.05, 4.69) is 83.8 Å². The van der Waals surface area contributed by atoms with Gasteiger partial charge in [0.2, 0.25) is 0 Å². The van der Waals surface area contributed by atoms with E-state index in [0.717, 1.165) is 0 Å². The van der Waals surface area contributed by atoms with Gasteiger partial charge < -0.3 is 18.5 Å². The maximum atomic E-state index is 2.72. The number of halogens is 2. The summed E-state index contributed by atoms with van der Waals surface area (Å²) in [6, 6.07) is 17.9. The van der Waals surface area contributed by atoms with Crippen LogP contribution in [0.2, 0.25) is 26.2 Å². The van der Waals surface area contributed by atoms with Gasteiger partial charge in [0, 0.05) is 0 Å². The average molecular weight is 601 g/mol. The van der Waals surface area contributed by atoms with Gasteiger partial charge in [-0.25, -0.2) is 24.3 Å². The van der Waals surface area contributed by atoms with Crippen LogP contribution in [0.1, 0.15) is 25.7 Å². The smallest absolute Gasteiger partial charge is 1.00 e. The molecule has 0 radical (unpaired) electrons. The van der Waals surface area contributed by atoms with Crippen LogP contribution < -0.4 is 19.8 Å². The van der Waals surface area contributed by atoms with E-state index < -0.39 is 16.5 Å². The van der Waals surface area contributed by atoms with Crippen molar-refractivity contribution in [3.05, 3.63) is 48.5 Å². The van der Waals surface area contributed by atoms with Crippen LogP contribution in [-0.2, 0) is 25.8 Å². The summed E-state index contributed by atoms with van der Waals surface area (Å²) in [5.41, 5.74) is 0. The van der Waals surface area contributed by atoms with Crippen molar-refractivity contribution in [1.82, 2.24) is 9.13 Å². The van der Waals surface area contributed by atoms with Crippen LogP contribution in [0, 0.1) is 0 Å². The van der Waals surface area contributed by atoms with E-state index in [0.29, 0.717) is 0 Å². The molecule has 4 rings (SSSR count). The van der Waals surface area contributed by atoms with Crippen molar-refractivity contribution < 1.29 is 35.3 Å². The summed E-state index contributed by atoms with van der Waals surface area (Å²) in [5, 5.41) is 3.18. The first kappa shape index (κ1) is 28.8. The summed E-state index contributed by atoms with van der Waals surface area (Å²) in [5.74, 6) is 0. The molecule has 0 aromatic heterocycles.